The highest BCUT2D eigenvalue weighted by atomic mass is 19.1. The number of carbonyl (C=O) groups excluding carboxylic acids is 2. The van der Waals surface area contributed by atoms with Crippen molar-refractivity contribution in [3.8, 4) is 0 Å². The topological polar surface area (TPSA) is 75.0 Å². The molecule has 206 valence electrons. The van der Waals surface area contributed by atoms with Gasteiger partial charge in [-0.05, 0) is 67.3 Å². The SMILES string of the molecule is Cc1cccc(N(C(=O)c2ccc(CN3CCOCC3)o2)[C@@H](C(=O)NC2CCCCC2)c2ccc(F)cc2)c1. The first-order valence-corrected chi connectivity index (χ1v) is 13.8. The first-order valence-electron chi connectivity index (χ1n) is 13.8. The zero-order valence-corrected chi connectivity index (χ0v) is 22.4. The molecule has 7 nitrogen and oxygen atoms in total. The first kappa shape index (κ1) is 27.1. The van der Waals surface area contributed by atoms with Crippen LogP contribution < -0.4 is 10.2 Å². The highest BCUT2D eigenvalue weighted by Crippen LogP contribution is 2.32. The summed E-state index contributed by atoms with van der Waals surface area (Å²) in [5, 5.41) is 3.19. The monoisotopic (exact) mass is 533 g/mol. The van der Waals surface area contributed by atoms with Crippen molar-refractivity contribution in [2.45, 2.75) is 57.7 Å². The number of benzene rings is 2. The summed E-state index contributed by atoms with van der Waals surface area (Å²) in [7, 11) is 0. The molecule has 2 amide bonds. The summed E-state index contributed by atoms with van der Waals surface area (Å²) in [5.74, 6) is -0.297. The van der Waals surface area contributed by atoms with Crippen LogP contribution in [0.3, 0.4) is 0 Å². The lowest BCUT2D eigenvalue weighted by molar-refractivity contribution is -0.123. The van der Waals surface area contributed by atoms with Gasteiger partial charge in [0.25, 0.3) is 5.91 Å². The van der Waals surface area contributed by atoms with E-state index in [9.17, 15) is 14.0 Å². The van der Waals surface area contributed by atoms with E-state index >= 15 is 0 Å². The molecule has 1 aliphatic carbocycles. The Bertz CT molecular complexity index is 1260. The lowest BCUT2D eigenvalue weighted by Gasteiger charge is -2.33. The second-order valence-corrected chi connectivity index (χ2v) is 10.5. The zero-order chi connectivity index (χ0) is 27.2. The highest BCUT2D eigenvalue weighted by Gasteiger charge is 2.36. The number of furan rings is 1. The summed E-state index contributed by atoms with van der Waals surface area (Å²) in [6, 6.07) is 15.8. The van der Waals surface area contributed by atoms with E-state index in [-0.39, 0.29) is 17.7 Å². The van der Waals surface area contributed by atoms with Crippen LogP contribution in [0.1, 0.15) is 65.6 Å². The molecule has 5 rings (SSSR count). The van der Waals surface area contributed by atoms with Gasteiger partial charge < -0.3 is 14.5 Å². The van der Waals surface area contributed by atoms with Gasteiger partial charge in [0.05, 0.1) is 19.8 Å². The maximum Gasteiger partial charge on any atom is 0.294 e. The van der Waals surface area contributed by atoms with Crippen LogP contribution in [0.4, 0.5) is 10.1 Å². The van der Waals surface area contributed by atoms with Crippen LogP contribution in [-0.2, 0) is 16.1 Å². The van der Waals surface area contributed by atoms with Crippen LogP contribution in [-0.4, -0.2) is 49.1 Å². The second-order valence-electron chi connectivity index (χ2n) is 10.5. The van der Waals surface area contributed by atoms with Crippen LogP contribution in [0.2, 0.25) is 0 Å². The van der Waals surface area contributed by atoms with Crippen LogP contribution in [0.25, 0.3) is 0 Å². The van der Waals surface area contributed by atoms with E-state index in [0.29, 0.717) is 36.8 Å². The van der Waals surface area contributed by atoms with Crippen molar-refractivity contribution >= 4 is 17.5 Å². The van der Waals surface area contributed by atoms with Crippen molar-refractivity contribution < 1.29 is 23.1 Å². The average molecular weight is 534 g/mol. The number of ether oxygens (including phenoxy) is 1. The van der Waals surface area contributed by atoms with Gasteiger partial charge in [0, 0.05) is 24.8 Å². The maximum atomic E-state index is 14.2. The van der Waals surface area contributed by atoms with Crippen LogP contribution >= 0.6 is 0 Å². The first-order chi connectivity index (χ1) is 19.0. The number of carbonyl (C=O) groups is 2. The fraction of sp³-hybridized carbons (Fsp3) is 0.419. The Kier molecular flexibility index (Phi) is 8.74. The van der Waals surface area contributed by atoms with E-state index in [0.717, 1.165) is 50.8 Å². The quantitative estimate of drug-likeness (QED) is 0.420. The van der Waals surface area contributed by atoms with Crippen molar-refractivity contribution in [1.82, 2.24) is 10.2 Å². The molecule has 0 radical (unpaired) electrons. The van der Waals surface area contributed by atoms with E-state index in [4.69, 9.17) is 9.15 Å². The fourth-order valence-corrected chi connectivity index (χ4v) is 5.43. The van der Waals surface area contributed by atoms with Gasteiger partial charge in [-0.3, -0.25) is 19.4 Å². The molecule has 1 saturated heterocycles. The number of halogens is 1. The van der Waals surface area contributed by atoms with Crippen molar-refractivity contribution in [2.75, 3.05) is 31.2 Å². The molecule has 3 aromatic rings. The average Bonchev–Trinajstić information content (AvgIpc) is 3.41. The summed E-state index contributed by atoms with van der Waals surface area (Å²) in [6.07, 6.45) is 5.09. The molecule has 1 aromatic heterocycles. The lowest BCUT2D eigenvalue weighted by atomic mass is 9.94. The van der Waals surface area contributed by atoms with E-state index < -0.39 is 17.8 Å². The minimum atomic E-state index is -1.00. The van der Waals surface area contributed by atoms with E-state index in [1.54, 1.807) is 18.2 Å². The third kappa shape index (κ3) is 6.75. The van der Waals surface area contributed by atoms with Crippen molar-refractivity contribution in [2.24, 2.45) is 0 Å². The van der Waals surface area contributed by atoms with Gasteiger partial charge in [-0.25, -0.2) is 4.39 Å². The molecule has 1 aliphatic heterocycles. The summed E-state index contributed by atoms with van der Waals surface area (Å²) >= 11 is 0. The third-order valence-electron chi connectivity index (χ3n) is 7.50. The molecule has 0 spiro atoms. The van der Waals surface area contributed by atoms with Crippen molar-refractivity contribution in [3.05, 3.63) is 89.1 Å². The van der Waals surface area contributed by atoms with Crippen LogP contribution in [0, 0.1) is 12.7 Å². The number of morpholine rings is 1. The summed E-state index contributed by atoms with van der Waals surface area (Å²) in [4.78, 5) is 31.8. The predicted molar refractivity (Wildman–Crippen MR) is 147 cm³/mol. The highest BCUT2D eigenvalue weighted by molar-refractivity contribution is 6.08. The number of hydrogen-bond acceptors (Lipinski definition) is 5. The van der Waals surface area contributed by atoms with Crippen LogP contribution in [0.5, 0.6) is 0 Å². The fourth-order valence-electron chi connectivity index (χ4n) is 5.43. The van der Waals surface area contributed by atoms with E-state index in [1.807, 2.05) is 37.3 Å². The predicted octanol–water partition coefficient (Wildman–Crippen LogP) is 5.40. The molecule has 1 saturated carbocycles. The largest absolute Gasteiger partial charge is 0.455 e. The summed E-state index contributed by atoms with van der Waals surface area (Å²) in [6.45, 7) is 5.45. The number of hydrogen-bond donors (Lipinski definition) is 1. The van der Waals surface area contributed by atoms with Gasteiger partial charge in [-0.15, -0.1) is 0 Å². The van der Waals surface area contributed by atoms with Crippen molar-refractivity contribution in [1.29, 1.82) is 0 Å². The second kappa shape index (κ2) is 12.6. The minimum Gasteiger partial charge on any atom is -0.455 e. The number of amides is 2. The Morgan fingerprint density at radius 2 is 1.77 bits per heavy atom. The van der Waals surface area contributed by atoms with E-state index in [2.05, 4.69) is 10.2 Å². The number of anilines is 1. The van der Waals surface area contributed by atoms with Gasteiger partial charge in [0.2, 0.25) is 5.91 Å². The van der Waals surface area contributed by atoms with Crippen molar-refractivity contribution in [3.63, 3.8) is 0 Å². The Balaban J connectivity index is 1.50. The maximum absolute atomic E-state index is 14.2. The van der Waals surface area contributed by atoms with Gasteiger partial charge >= 0.3 is 0 Å². The summed E-state index contributed by atoms with van der Waals surface area (Å²) < 4.78 is 25.4. The molecule has 8 heteroatoms. The minimum absolute atomic E-state index is 0.0485. The molecule has 0 bridgehead atoms. The smallest absolute Gasteiger partial charge is 0.294 e. The molecular formula is C31H36FN3O4. The normalized spacial score (nSPS) is 17.5. The standard InChI is InChI=1S/C31H36FN3O4/c1-22-6-5-9-26(20-22)35(31(37)28-15-14-27(39-28)21-34-16-18-38-19-17-34)29(23-10-12-24(32)13-11-23)30(36)33-25-7-3-2-4-8-25/h5-6,9-15,20,25,29H,2-4,7-8,16-19,21H2,1H3,(H,33,36)/t29-/m1/s1. The zero-order valence-electron chi connectivity index (χ0n) is 22.4. The number of nitrogens with one attached hydrogen (secondary N) is 1. The molecule has 2 aromatic carbocycles. The van der Waals surface area contributed by atoms with Gasteiger partial charge in [0.1, 0.15) is 17.6 Å². The Morgan fingerprint density at radius 1 is 1.03 bits per heavy atom. The van der Waals surface area contributed by atoms with Gasteiger partial charge in [0.15, 0.2) is 5.76 Å². The molecule has 1 atom stereocenters. The number of nitrogens with zero attached hydrogens (tertiary/aromatic N) is 2. The third-order valence-corrected chi connectivity index (χ3v) is 7.50. The number of aryl methyl sites for hydroxylation is 1. The number of rotatable bonds is 8. The lowest BCUT2D eigenvalue weighted by Crippen LogP contribution is -2.47. The van der Waals surface area contributed by atoms with Gasteiger partial charge in [-0.2, -0.15) is 0 Å². The molecule has 2 heterocycles. The molecule has 2 fully saturated rings. The molecular weight excluding hydrogens is 497 g/mol. The van der Waals surface area contributed by atoms with E-state index in [1.165, 1.54) is 17.0 Å². The Morgan fingerprint density at radius 3 is 2.49 bits per heavy atom. The van der Waals surface area contributed by atoms with Crippen LogP contribution in [0.15, 0.2) is 65.1 Å². The Hall–Kier alpha value is -3.49. The summed E-state index contributed by atoms with van der Waals surface area (Å²) in [5.41, 5.74) is 2.04. The molecule has 1 N–H and O–H groups in total. The Labute approximate surface area is 228 Å². The molecule has 2 aliphatic rings. The van der Waals surface area contributed by atoms with Gasteiger partial charge in [-0.1, -0.05) is 43.5 Å². The molecule has 0 unspecified atom stereocenters. The molecule has 39 heavy (non-hydrogen) atoms.